The number of benzene rings is 1. The van der Waals surface area contributed by atoms with Gasteiger partial charge in [0.2, 0.25) is 5.91 Å². The number of carbonyl (C=O) groups excluding carboxylic acids is 1. The molecule has 4 saturated heterocycles. The Morgan fingerprint density at radius 2 is 1.46 bits per heavy atom. The van der Waals surface area contributed by atoms with E-state index in [4.69, 9.17) is 14.0 Å². The molecule has 0 radical (unpaired) electrons. The summed E-state index contributed by atoms with van der Waals surface area (Å²) in [5.74, 6) is 0.332. The molecule has 0 unspecified atom stereocenters. The van der Waals surface area contributed by atoms with Gasteiger partial charge < -0.3 is 18.9 Å². The minimum Gasteiger partial charge on any atom is -0.399 e. The Balaban J connectivity index is 1.17. The second kappa shape index (κ2) is 8.78. The molecule has 5 heterocycles. The third-order valence-electron chi connectivity index (χ3n) is 11.4. The molecule has 1 saturated carbocycles. The van der Waals surface area contributed by atoms with Crippen LogP contribution in [-0.2, 0) is 24.3 Å². The smallest absolute Gasteiger partial charge is 0.399 e. The van der Waals surface area contributed by atoms with E-state index in [1.54, 1.807) is 0 Å². The molecule has 1 aliphatic carbocycles. The molecule has 1 aromatic carbocycles. The second-order valence-corrected chi connectivity index (χ2v) is 15.0. The van der Waals surface area contributed by atoms with Crippen LogP contribution >= 0.6 is 0 Å². The van der Waals surface area contributed by atoms with Gasteiger partial charge in [0.05, 0.1) is 35.9 Å². The van der Waals surface area contributed by atoms with E-state index in [0.29, 0.717) is 23.4 Å². The van der Waals surface area contributed by atoms with E-state index in [9.17, 15) is 4.79 Å². The summed E-state index contributed by atoms with van der Waals surface area (Å²) in [5, 5.41) is 0. The Hall–Kier alpha value is -1.45. The fraction of sp³-hybridized carbons (Fsp3) is 0.774. The highest BCUT2D eigenvalue weighted by Crippen LogP contribution is 2.51. The number of amides is 1. The highest BCUT2D eigenvalue weighted by molar-refractivity contribution is 6.62. The third-order valence-corrected chi connectivity index (χ3v) is 11.4. The van der Waals surface area contributed by atoms with Gasteiger partial charge in [0.1, 0.15) is 0 Å². The fourth-order valence-electron chi connectivity index (χ4n) is 7.82. The van der Waals surface area contributed by atoms with Crippen LogP contribution in [0.15, 0.2) is 18.2 Å². The maximum atomic E-state index is 14.5. The molecule has 8 heteroatoms. The van der Waals surface area contributed by atoms with E-state index < -0.39 is 23.7 Å². The summed E-state index contributed by atoms with van der Waals surface area (Å²) >= 11 is 0. The zero-order valence-electron chi connectivity index (χ0n) is 24.8. The largest absolute Gasteiger partial charge is 0.494 e. The molecule has 212 valence electrons. The van der Waals surface area contributed by atoms with Crippen molar-refractivity contribution in [1.29, 1.82) is 0 Å². The van der Waals surface area contributed by atoms with Gasteiger partial charge in [-0.05, 0) is 102 Å². The van der Waals surface area contributed by atoms with Crippen molar-refractivity contribution in [3.05, 3.63) is 23.8 Å². The lowest BCUT2D eigenvalue weighted by atomic mass is 9.71. The summed E-state index contributed by atoms with van der Waals surface area (Å²) in [6.45, 7) is 19.1. The van der Waals surface area contributed by atoms with Gasteiger partial charge in [-0.2, -0.15) is 0 Å². The van der Waals surface area contributed by atoms with Crippen LogP contribution in [0, 0.1) is 5.41 Å². The summed E-state index contributed by atoms with van der Waals surface area (Å²) < 4.78 is 18.3. The Bertz CT molecular complexity index is 1130. The number of carbonyl (C=O) groups is 1. The molecule has 5 fully saturated rings. The molecule has 5 aliphatic heterocycles. The van der Waals surface area contributed by atoms with Crippen molar-refractivity contribution in [1.82, 2.24) is 9.80 Å². The Morgan fingerprint density at radius 1 is 0.821 bits per heavy atom. The molecular formula is C31H46BN3O4. The summed E-state index contributed by atoms with van der Waals surface area (Å²) in [7, 11) is -0.421. The van der Waals surface area contributed by atoms with Crippen LogP contribution in [0.25, 0.3) is 0 Å². The van der Waals surface area contributed by atoms with Crippen LogP contribution in [0.2, 0.25) is 0 Å². The average molecular weight is 536 g/mol. The zero-order valence-corrected chi connectivity index (χ0v) is 24.8. The first-order chi connectivity index (χ1) is 18.4. The maximum Gasteiger partial charge on any atom is 0.494 e. The number of hydrogen-bond donors (Lipinski definition) is 0. The number of fused-ring (bicyclic) bond motifs is 2. The first-order valence-corrected chi connectivity index (χ1v) is 15.3. The highest BCUT2D eigenvalue weighted by Gasteiger charge is 2.57. The molecule has 1 amide bonds. The van der Waals surface area contributed by atoms with Crippen LogP contribution in [-0.4, -0.2) is 91.5 Å². The first-order valence-electron chi connectivity index (χ1n) is 15.3. The molecule has 1 spiro atoms. The quantitative estimate of drug-likeness (QED) is 0.552. The average Bonchev–Trinajstić information content (AvgIpc) is 3.36. The second-order valence-electron chi connectivity index (χ2n) is 15.0. The summed E-state index contributed by atoms with van der Waals surface area (Å²) in [6, 6.07) is 8.00. The summed E-state index contributed by atoms with van der Waals surface area (Å²) in [5.41, 5.74) is 2.56. The minimum absolute atomic E-state index is 0.274. The molecule has 0 N–H and O–H groups in total. The zero-order chi connectivity index (χ0) is 27.4. The predicted molar refractivity (Wildman–Crippen MR) is 154 cm³/mol. The van der Waals surface area contributed by atoms with Crippen molar-refractivity contribution in [2.75, 3.05) is 44.3 Å². The van der Waals surface area contributed by atoms with E-state index in [1.807, 2.05) is 0 Å². The lowest BCUT2D eigenvalue weighted by Gasteiger charge is -2.47. The van der Waals surface area contributed by atoms with Crippen molar-refractivity contribution in [2.45, 2.75) is 108 Å². The van der Waals surface area contributed by atoms with Gasteiger partial charge in [-0.15, -0.1) is 0 Å². The van der Waals surface area contributed by atoms with Crippen LogP contribution in [0.3, 0.4) is 0 Å². The molecule has 1 aromatic rings. The lowest BCUT2D eigenvalue weighted by Crippen LogP contribution is -2.59. The number of ether oxygens (including phenoxy) is 1. The number of hydrogen-bond acceptors (Lipinski definition) is 6. The van der Waals surface area contributed by atoms with E-state index >= 15 is 0 Å². The Labute approximate surface area is 234 Å². The number of anilines is 1. The SMILES string of the molecule is CC1(C)CCN(C2CC(N3C(=O)C4(CCN(C5COC5)CC4)c4ccc(B5OC(C)(C)C(C)(C)O5)cc43)C2)C1. The van der Waals surface area contributed by atoms with Crippen molar-refractivity contribution in [2.24, 2.45) is 5.41 Å². The number of rotatable bonds is 4. The number of likely N-dealkylation sites (tertiary alicyclic amines) is 2. The van der Waals surface area contributed by atoms with Crippen LogP contribution in [0.4, 0.5) is 5.69 Å². The minimum atomic E-state index is -0.421. The molecule has 0 atom stereocenters. The molecule has 7 nitrogen and oxygen atoms in total. The van der Waals surface area contributed by atoms with E-state index in [2.05, 4.69) is 74.4 Å². The van der Waals surface area contributed by atoms with Gasteiger partial charge in [0, 0.05) is 24.3 Å². The van der Waals surface area contributed by atoms with E-state index in [-0.39, 0.29) is 6.04 Å². The van der Waals surface area contributed by atoms with E-state index in [0.717, 1.165) is 63.1 Å². The molecule has 0 aromatic heterocycles. The van der Waals surface area contributed by atoms with Gasteiger partial charge in [-0.25, -0.2) is 0 Å². The normalized spacial score (nSPS) is 33.4. The summed E-state index contributed by atoms with van der Waals surface area (Å²) in [4.78, 5) is 21.9. The van der Waals surface area contributed by atoms with Gasteiger partial charge in [0.15, 0.2) is 0 Å². The van der Waals surface area contributed by atoms with Crippen LogP contribution in [0.5, 0.6) is 0 Å². The molecule has 7 rings (SSSR count). The monoisotopic (exact) mass is 535 g/mol. The summed E-state index contributed by atoms with van der Waals surface area (Å²) in [6.07, 6.45) is 5.19. The standard InChI is InChI=1S/C31H46BN3O4/c1-28(2)9-12-34(20-28)22-16-23(17-22)35-26-15-21(32-38-29(3,4)30(5,6)39-32)7-8-25(26)31(27(35)36)10-13-33(14-11-31)24-18-37-19-24/h7-8,15,22-24H,9-14,16-20H2,1-6H3. The van der Waals surface area contributed by atoms with Crippen molar-refractivity contribution < 1.29 is 18.8 Å². The van der Waals surface area contributed by atoms with Gasteiger partial charge in [0.25, 0.3) is 0 Å². The highest BCUT2D eigenvalue weighted by atomic mass is 16.7. The predicted octanol–water partition coefficient (Wildman–Crippen LogP) is 3.33. The van der Waals surface area contributed by atoms with Gasteiger partial charge in [-0.3, -0.25) is 14.6 Å². The van der Waals surface area contributed by atoms with Gasteiger partial charge in [-0.1, -0.05) is 26.0 Å². The number of nitrogens with zero attached hydrogens (tertiary/aromatic N) is 3. The van der Waals surface area contributed by atoms with Crippen LogP contribution in [0.1, 0.15) is 79.2 Å². The van der Waals surface area contributed by atoms with Gasteiger partial charge >= 0.3 is 7.12 Å². The first kappa shape index (κ1) is 26.5. The fourth-order valence-corrected chi connectivity index (χ4v) is 7.82. The third kappa shape index (κ3) is 4.07. The van der Waals surface area contributed by atoms with Crippen molar-refractivity contribution >= 4 is 24.2 Å². The maximum absolute atomic E-state index is 14.5. The van der Waals surface area contributed by atoms with Crippen molar-refractivity contribution in [3.8, 4) is 0 Å². The Kier molecular flexibility index (Phi) is 5.95. The van der Waals surface area contributed by atoms with Crippen molar-refractivity contribution in [3.63, 3.8) is 0 Å². The molecule has 6 aliphatic rings. The Morgan fingerprint density at radius 3 is 2.03 bits per heavy atom. The number of piperidine rings is 1. The molecule has 0 bridgehead atoms. The molecular weight excluding hydrogens is 489 g/mol. The lowest BCUT2D eigenvalue weighted by molar-refractivity contribution is -0.128. The molecule has 39 heavy (non-hydrogen) atoms. The van der Waals surface area contributed by atoms with E-state index in [1.165, 1.54) is 25.1 Å². The van der Waals surface area contributed by atoms with Crippen LogP contribution < -0.4 is 10.4 Å². The topological polar surface area (TPSA) is 54.5 Å².